The van der Waals surface area contributed by atoms with Gasteiger partial charge < -0.3 is 4.74 Å². The highest BCUT2D eigenvalue weighted by Gasteiger charge is 2.15. The van der Waals surface area contributed by atoms with Gasteiger partial charge in [-0.3, -0.25) is 0 Å². The van der Waals surface area contributed by atoms with Gasteiger partial charge in [0.25, 0.3) is 0 Å². The normalized spacial score (nSPS) is 13.1. The Balaban J connectivity index is 2.40. The Hall–Kier alpha value is -0.650. The van der Waals surface area contributed by atoms with Gasteiger partial charge in [0.15, 0.2) is 5.65 Å². The van der Waals surface area contributed by atoms with Gasteiger partial charge in [-0.05, 0) is 34.8 Å². The Morgan fingerprint density at radius 3 is 3.00 bits per heavy atom. The van der Waals surface area contributed by atoms with Crippen LogP contribution >= 0.6 is 27.5 Å². The maximum atomic E-state index is 6.22. The van der Waals surface area contributed by atoms with Crippen LogP contribution in [0, 0.1) is 0 Å². The Kier molecular flexibility index (Phi) is 4.59. The van der Waals surface area contributed by atoms with Crippen LogP contribution in [0.5, 0.6) is 0 Å². The first-order valence-corrected chi connectivity index (χ1v) is 7.03. The van der Waals surface area contributed by atoms with Crippen LogP contribution in [0.1, 0.15) is 31.4 Å². The molecule has 18 heavy (non-hydrogen) atoms. The number of methoxy groups -OCH3 is 1. The predicted molar refractivity (Wildman–Crippen MR) is 75.2 cm³/mol. The average molecular weight is 333 g/mol. The van der Waals surface area contributed by atoms with Crippen LogP contribution in [0.3, 0.4) is 0 Å². The molecule has 0 aliphatic heterocycles. The van der Waals surface area contributed by atoms with E-state index in [0.717, 1.165) is 35.3 Å². The zero-order chi connectivity index (χ0) is 13.1. The molecule has 0 saturated heterocycles. The lowest BCUT2D eigenvalue weighted by Gasteiger charge is -2.14. The van der Waals surface area contributed by atoms with Crippen molar-refractivity contribution in [2.24, 2.45) is 0 Å². The van der Waals surface area contributed by atoms with Crippen LogP contribution < -0.4 is 0 Å². The van der Waals surface area contributed by atoms with Crippen molar-refractivity contribution in [1.82, 2.24) is 14.6 Å². The van der Waals surface area contributed by atoms with Gasteiger partial charge in [-0.1, -0.05) is 18.5 Å². The van der Waals surface area contributed by atoms with Crippen molar-refractivity contribution in [2.75, 3.05) is 13.7 Å². The highest BCUT2D eigenvalue weighted by atomic mass is 79.9. The quantitative estimate of drug-likeness (QED) is 0.784. The van der Waals surface area contributed by atoms with E-state index in [-0.39, 0.29) is 0 Å². The number of nitrogens with zero attached hydrogens (tertiary/aromatic N) is 3. The third kappa shape index (κ3) is 2.68. The first-order chi connectivity index (χ1) is 8.67. The van der Waals surface area contributed by atoms with Crippen molar-refractivity contribution in [3.05, 3.63) is 27.6 Å². The van der Waals surface area contributed by atoms with Gasteiger partial charge >= 0.3 is 0 Å². The van der Waals surface area contributed by atoms with E-state index >= 15 is 0 Å². The van der Waals surface area contributed by atoms with E-state index in [0.29, 0.717) is 11.1 Å². The number of aromatic nitrogens is 3. The van der Waals surface area contributed by atoms with Crippen LogP contribution in [0.2, 0.25) is 5.15 Å². The second kappa shape index (κ2) is 5.99. The van der Waals surface area contributed by atoms with E-state index in [4.69, 9.17) is 16.3 Å². The van der Waals surface area contributed by atoms with Crippen LogP contribution in [-0.4, -0.2) is 28.3 Å². The molecule has 2 aromatic heterocycles. The topological polar surface area (TPSA) is 39.4 Å². The van der Waals surface area contributed by atoms with E-state index in [2.05, 4.69) is 32.9 Å². The minimum Gasteiger partial charge on any atom is -0.385 e. The molecular formula is C12H15BrClN3O. The van der Waals surface area contributed by atoms with Gasteiger partial charge in [-0.15, -0.1) is 0 Å². The standard InChI is InChI=1S/C12H15BrClN3O/c1-3-8(4-5-18-2)10-6-11(14)17-12(16-10)9(13)7-15-17/h6-8H,3-5H2,1-2H3. The summed E-state index contributed by atoms with van der Waals surface area (Å²) in [4.78, 5) is 4.63. The van der Waals surface area contributed by atoms with Crippen molar-refractivity contribution in [2.45, 2.75) is 25.7 Å². The summed E-state index contributed by atoms with van der Waals surface area (Å²) in [6.07, 6.45) is 3.65. The van der Waals surface area contributed by atoms with E-state index < -0.39 is 0 Å². The Morgan fingerprint density at radius 2 is 2.33 bits per heavy atom. The molecule has 0 saturated carbocycles. The molecule has 0 spiro atoms. The van der Waals surface area contributed by atoms with E-state index in [1.165, 1.54) is 0 Å². The number of rotatable bonds is 5. The summed E-state index contributed by atoms with van der Waals surface area (Å²) >= 11 is 9.65. The number of ether oxygens (including phenoxy) is 1. The molecule has 2 heterocycles. The number of hydrogen-bond donors (Lipinski definition) is 0. The maximum Gasteiger partial charge on any atom is 0.171 e. The molecule has 98 valence electrons. The van der Waals surface area contributed by atoms with Crippen molar-refractivity contribution in [3.63, 3.8) is 0 Å². The molecule has 2 rings (SSSR count). The van der Waals surface area contributed by atoms with Crippen molar-refractivity contribution >= 4 is 33.2 Å². The van der Waals surface area contributed by atoms with Gasteiger partial charge in [-0.2, -0.15) is 5.10 Å². The van der Waals surface area contributed by atoms with Crippen molar-refractivity contribution in [1.29, 1.82) is 0 Å². The molecule has 0 fully saturated rings. The maximum absolute atomic E-state index is 6.22. The van der Waals surface area contributed by atoms with Crippen LogP contribution in [0.15, 0.2) is 16.7 Å². The first-order valence-electron chi connectivity index (χ1n) is 5.86. The van der Waals surface area contributed by atoms with Crippen molar-refractivity contribution < 1.29 is 4.74 Å². The second-order valence-electron chi connectivity index (χ2n) is 4.12. The minimum absolute atomic E-state index is 0.356. The van der Waals surface area contributed by atoms with Crippen LogP contribution in [0.25, 0.3) is 5.65 Å². The molecule has 1 atom stereocenters. The molecule has 4 nitrogen and oxygen atoms in total. The van der Waals surface area contributed by atoms with Gasteiger partial charge in [0.05, 0.1) is 10.7 Å². The lowest BCUT2D eigenvalue weighted by Crippen LogP contribution is -2.06. The second-order valence-corrected chi connectivity index (χ2v) is 5.36. The molecular weight excluding hydrogens is 318 g/mol. The van der Waals surface area contributed by atoms with Gasteiger partial charge in [0, 0.05) is 25.3 Å². The molecule has 0 aromatic carbocycles. The summed E-state index contributed by atoms with van der Waals surface area (Å²) < 4.78 is 7.61. The third-order valence-corrected chi connectivity index (χ3v) is 3.82. The van der Waals surface area contributed by atoms with Crippen LogP contribution in [0.4, 0.5) is 0 Å². The average Bonchev–Trinajstić information content (AvgIpc) is 2.73. The Morgan fingerprint density at radius 1 is 1.56 bits per heavy atom. The SMILES string of the molecule is CCC(CCOC)c1cc(Cl)n2ncc(Br)c2n1. The summed E-state index contributed by atoms with van der Waals surface area (Å²) in [5.74, 6) is 0.356. The Labute approximate surface area is 119 Å². The summed E-state index contributed by atoms with van der Waals surface area (Å²) in [5.41, 5.74) is 1.75. The molecule has 6 heteroatoms. The van der Waals surface area contributed by atoms with Crippen LogP contribution in [-0.2, 0) is 4.74 Å². The molecule has 0 bridgehead atoms. The summed E-state index contributed by atoms with van der Waals surface area (Å²) in [6.45, 7) is 2.87. The van der Waals surface area contributed by atoms with E-state index in [9.17, 15) is 0 Å². The minimum atomic E-state index is 0.356. The summed E-state index contributed by atoms with van der Waals surface area (Å²) in [5, 5.41) is 4.74. The number of hydrogen-bond acceptors (Lipinski definition) is 3. The Bertz CT molecular complexity index is 543. The summed E-state index contributed by atoms with van der Waals surface area (Å²) in [7, 11) is 1.71. The smallest absolute Gasteiger partial charge is 0.171 e. The number of halogens is 2. The highest BCUT2D eigenvalue weighted by molar-refractivity contribution is 9.10. The monoisotopic (exact) mass is 331 g/mol. The van der Waals surface area contributed by atoms with Crippen molar-refractivity contribution in [3.8, 4) is 0 Å². The number of fused-ring (bicyclic) bond motifs is 1. The zero-order valence-corrected chi connectivity index (χ0v) is 12.7. The lowest BCUT2D eigenvalue weighted by molar-refractivity contribution is 0.186. The third-order valence-electron chi connectivity index (χ3n) is 2.99. The molecule has 0 aliphatic carbocycles. The zero-order valence-electron chi connectivity index (χ0n) is 10.4. The predicted octanol–water partition coefficient (Wildman–Crippen LogP) is 3.68. The fraction of sp³-hybridized carbons (Fsp3) is 0.500. The molecule has 2 aromatic rings. The first kappa shape index (κ1) is 13.8. The molecule has 0 amide bonds. The molecule has 1 unspecified atom stereocenters. The lowest BCUT2D eigenvalue weighted by atomic mass is 9.99. The fourth-order valence-electron chi connectivity index (χ4n) is 1.95. The highest BCUT2D eigenvalue weighted by Crippen LogP contribution is 2.27. The van der Waals surface area contributed by atoms with Gasteiger partial charge in [-0.25, -0.2) is 9.50 Å². The molecule has 0 radical (unpaired) electrons. The molecule has 0 aliphatic rings. The van der Waals surface area contributed by atoms with E-state index in [1.54, 1.807) is 17.8 Å². The fourth-order valence-corrected chi connectivity index (χ4v) is 2.53. The van der Waals surface area contributed by atoms with E-state index in [1.807, 2.05) is 6.07 Å². The van der Waals surface area contributed by atoms with Gasteiger partial charge in [0.1, 0.15) is 5.15 Å². The largest absolute Gasteiger partial charge is 0.385 e. The van der Waals surface area contributed by atoms with Gasteiger partial charge in [0.2, 0.25) is 0 Å². The summed E-state index contributed by atoms with van der Waals surface area (Å²) in [6, 6.07) is 1.89. The molecule has 0 N–H and O–H groups in total.